The number of fused-ring (bicyclic) bond motifs is 1. The average molecular weight is 413 g/mol. The van der Waals surface area contributed by atoms with E-state index in [1.807, 2.05) is 37.3 Å². The molecule has 1 aromatic heterocycles. The topological polar surface area (TPSA) is 108 Å². The Kier molecular flexibility index (Phi) is 5.33. The van der Waals surface area contributed by atoms with E-state index in [1.54, 1.807) is 23.1 Å². The molecule has 0 saturated heterocycles. The van der Waals surface area contributed by atoms with Gasteiger partial charge in [0.1, 0.15) is 12.2 Å². The van der Waals surface area contributed by atoms with Gasteiger partial charge in [-0.3, -0.25) is 14.4 Å². The summed E-state index contributed by atoms with van der Waals surface area (Å²) < 4.78 is 0.962. The van der Waals surface area contributed by atoms with E-state index in [2.05, 4.69) is 10.4 Å². The molecule has 1 aliphatic rings. The third kappa shape index (κ3) is 4.07. The number of carbonyl (C=O) groups is 2. The van der Waals surface area contributed by atoms with Gasteiger partial charge >= 0.3 is 0 Å². The van der Waals surface area contributed by atoms with Crippen LogP contribution in [-0.2, 0) is 17.8 Å². The molecule has 2 heterocycles. The van der Waals surface area contributed by atoms with Gasteiger partial charge in [0.25, 0.3) is 11.5 Å². The summed E-state index contributed by atoms with van der Waals surface area (Å²) in [6.07, 6.45) is 0.742. The van der Waals surface area contributed by atoms with Crippen molar-refractivity contribution in [3.63, 3.8) is 0 Å². The number of nitriles is 1. The van der Waals surface area contributed by atoms with E-state index in [9.17, 15) is 14.4 Å². The fraction of sp³-hybridized carbons (Fsp3) is 0.174. The first-order valence-electron chi connectivity index (χ1n) is 9.76. The molecule has 2 aromatic carbocycles. The molecule has 1 atom stereocenters. The minimum atomic E-state index is -0.493. The summed E-state index contributed by atoms with van der Waals surface area (Å²) >= 11 is 0. The fourth-order valence-electron chi connectivity index (χ4n) is 3.68. The van der Waals surface area contributed by atoms with Crippen molar-refractivity contribution in [2.75, 3.05) is 10.2 Å². The number of rotatable bonds is 4. The smallest absolute Gasteiger partial charge is 0.278 e. The van der Waals surface area contributed by atoms with Gasteiger partial charge in [-0.2, -0.15) is 10.4 Å². The lowest BCUT2D eigenvalue weighted by Gasteiger charge is -2.22. The highest BCUT2D eigenvalue weighted by Gasteiger charge is 2.32. The number of carbonyl (C=O) groups excluding carboxylic acids is 2. The van der Waals surface area contributed by atoms with Crippen molar-refractivity contribution in [2.45, 2.75) is 25.9 Å². The van der Waals surface area contributed by atoms with Crippen LogP contribution in [0.5, 0.6) is 0 Å². The molecular weight excluding hydrogens is 394 g/mol. The van der Waals surface area contributed by atoms with Crippen LogP contribution in [0, 0.1) is 11.3 Å². The molecule has 8 heteroatoms. The second kappa shape index (κ2) is 8.24. The summed E-state index contributed by atoms with van der Waals surface area (Å²) in [6.45, 7) is 1.60. The van der Waals surface area contributed by atoms with Crippen LogP contribution in [0.2, 0.25) is 0 Å². The molecule has 154 valence electrons. The highest BCUT2D eigenvalue weighted by Crippen LogP contribution is 2.32. The number of benzene rings is 2. The molecule has 0 saturated carbocycles. The first-order valence-corrected chi connectivity index (χ1v) is 9.76. The van der Waals surface area contributed by atoms with Crippen LogP contribution in [-0.4, -0.2) is 27.6 Å². The second-order valence-electron chi connectivity index (χ2n) is 7.31. The Morgan fingerprint density at radius 2 is 1.97 bits per heavy atom. The number of para-hydroxylation sites is 1. The molecule has 0 aliphatic carbocycles. The quantitative estimate of drug-likeness (QED) is 0.706. The van der Waals surface area contributed by atoms with Crippen LogP contribution < -0.4 is 15.8 Å². The number of amides is 2. The second-order valence-corrected chi connectivity index (χ2v) is 7.31. The lowest BCUT2D eigenvalue weighted by atomic mass is 10.1. The van der Waals surface area contributed by atoms with E-state index in [0.717, 1.165) is 22.4 Å². The van der Waals surface area contributed by atoms with Crippen LogP contribution in [0.15, 0.2) is 65.5 Å². The maximum absolute atomic E-state index is 13.1. The highest BCUT2D eigenvalue weighted by molar-refractivity contribution is 6.06. The molecule has 31 heavy (non-hydrogen) atoms. The van der Waals surface area contributed by atoms with Gasteiger partial charge in [0, 0.05) is 23.5 Å². The van der Waals surface area contributed by atoms with E-state index < -0.39 is 11.5 Å². The molecular formula is C23H19N5O3. The molecule has 0 fully saturated rings. The molecule has 2 amide bonds. The van der Waals surface area contributed by atoms with Crippen molar-refractivity contribution in [3.05, 3.63) is 87.8 Å². The van der Waals surface area contributed by atoms with Crippen molar-refractivity contribution in [1.82, 2.24) is 9.78 Å². The zero-order valence-corrected chi connectivity index (χ0v) is 16.8. The first-order chi connectivity index (χ1) is 15.0. The lowest BCUT2D eigenvalue weighted by molar-refractivity contribution is -0.117. The van der Waals surface area contributed by atoms with Crippen molar-refractivity contribution >= 4 is 23.2 Å². The first kappa shape index (κ1) is 20.0. The average Bonchev–Trinajstić information content (AvgIpc) is 3.10. The molecule has 0 unspecified atom stereocenters. The molecule has 4 rings (SSSR count). The third-order valence-electron chi connectivity index (χ3n) is 5.08. The number of hydrogen-bond donors (Lipinski definition) is 1. The van der Waals surface area contributed by atoms with Crippen LogP contribution in [0.3, 0.4) is 0 Å². The summed E-state index contributed by atoms with van der Waals surface area (Å²) in [5.74, 6) is -0.817. The van der Waals surface area contributed by atoms with Gasteiger partial charge in [-0.15, -0.1) is 0 Å². The Labute approximate surface area is 178 Å². The number of anilines is 2. The van der Waals surface area contributed by atoms with Gasteiger partial charge in [-0.05, 0) is 49.2 Å². The maximum atomic E-state index is 13.1. The SMILES string of the molecule is C[C@H]1Cc2ccccc2N1C(=O)c1ccc(=O)n(CC(=O)Nc2cccc(C#N)c2)n1. The van der Waals surface area contributed by atoms with Gasteiger partial charge < -0.3 is 10.2 Å². The number of aromatic nitrogens is 2. The molecule has 1 N–H and O–H groups in total. The third-order valence-corrected chi connectivity index (χ3v) is 5.08. The monoisotopic (exact) mass is 413 g/mol. The lowest BCUT2D eigenvalue weighted by Crippen LogP contribution is -2.38. The van der Waals surface area contributed by atoms with Gasteiger partial charge in [0.15, 0.2) is 0 Å². The maximum Gasteiger partial charge on any atom is 0.278 e. The molecule has 0 bridgehead atoms. The van der Waals surface area contributed by atoms with Crippen LogP contribution in [0.1, 0.15) is 28.5 Å². The summed E-state index contributed by atoms with van der Waals surface area (Å²) in [6, 6.07) is 18.7. The predicted octanol–water partition coefficient (Wildman–Crippen LogP) is 2.35. The summed E-state index contributed by atoms with van der Waals surface area (Å²) in [4.78, 5) is 39.4. The van der Waals surface area contributed by atoms with Gasteiger partial charge in [-0.25, -0.2) is 4.68 Å². The zero-order valence-electron chi connectivity index (χ0n) is 16.8. The molecule has 0 spiro atoms. The van der Waals surface area contributed by atoms with E-state index in [1.165, 1.54) is 18.2 Å². The van der Waals surface area contributed by atoms with Crippen LogP contribution >= 0.6 is 0 Å². The van der Waals surface area contributed by atoms with Crippen molar-refractivity contribution in [3.8, 4) is 6.07 Å². The van der Waals surface area contributed by atoms with Crippen LogP contribution in [0.25, 0.3) is 0 Å². The van der Waals surface area contributed by atoms with Gasteiger partial charge in [0.2, 0.25) is 5.91 Å². The zero-order chi connectivity index (χ0) is 22.0. The van der Waals surface area contributed by atoms with Crippen LogP contribution in [0.4, 0.5) is 11.4 Å². The molecule has 3 aromatic rings. The highest BCUT2D eigenvalue weighted by atomic mass is 16.2. The molecule has 0 radical (unpaired) electrons. The summed E-state index contributed by atoms with van der Waals surface area (Å²) in [5.41, 5.74) is 2.34. The standard InChI is InChI=1S/C23H19N5O3/c1-15-11-17-6-2-3-8-20(17)28(15)23(31)19-9-10-22(30)27(26-19)14-21(29)25-18-7-4-5-16(12-18)13-24/h2-10,12,15H,11,14H2,1H3,(H,25,29)/t15-/m0/s1. The predicted molar refractivity (Wildman–Crippen MR) is 115 cm³/mol. The minimum absolute atomic E-state index is 0.0391. The Morgan fingerprint density at radius 1 is 1.16 bits per heavy atom. The van der Waals surface area contributed by atoms with Crippen molar-refractivity contribution in [2.24, 2.45) is 0 Å². The molecule has 1 aliphatic heterocycles. The fourth-order valence-corrected chi connectivity index (χ4v) is 3.68. The normalized spacial score (nSPS) is 14.6. The van der Waals surface area contributed by atoms with Crippen molar-refractivity contribution in [1.29, 1.82) is 5.26 Å². The van der Waals surface area contributed by atoms with Crippen molar-refractivity contribution < 1.29 is 9.59 Å². The van der Waals surface area contributed by atoms with E-state index in [4.69, 9.17) is 5.26 Å². The van der Waals surface area contributed by atoms with Gasteiger partial charge in [0.05, 0.1) is 11.6 Å². The number of nitrogens with zero attached hydrogens (tertiary/aromatic N) is 4. The Hall–Kier alpha value is -4.25. The van der Waals surface area contributed by atoms with E-state index in [0.29, 0.717) is 11.3 Å². The van der Waals surface area contributed by atoms with Gasteiger partial charge in [-0.1, -0.05) is 24.3 Å². The molecule has 8 nitrogen and oxygen atoms in total. The Balaban J connectivity index is 1.55. The van der Waals surface area contributed by atoms with E-state index in [-0.39, 0.29) is 24.2 Å². The largest absolute Gasteiger partial charge is 0.324 e. The Morgan fingerprint density at radius 3 is 2.77 bits per heavy atom. The Bertz CT molecular complexity index is 1270. The van der Waals surface area contributed by atoms with E-state index >= 15 is 0 Å². The minimum Gasteiger partial charge on any atom is -0.324 e. The summed E-state index contributed by atoms with van der Waals surface area (Å²) in [5, 5.41) is 15.7. The number of nitrogens with one attached hydrogen (secondary N) is 1. The summed E-state index contributed by atoms with van der Waals surface area (Å²) in [7, 11) is 0. The number of hydrogen-bond acceptors (Lipinski definition) is 5.